The van der Waals surface area contributed by atoms with Gasteiger partial charge < -0.3 is 5.32 Å². The highest BCUT2D eigenvalue weighted by Crippen LogP contribution is 2.12. The lowest BCUT2D eigenvalue weighted by atomic mass is 10.4. The van der Waals surface area contributed by atoms with Crippen LogP contribution >= 0.6 is 22.6 Å². The predicted molar refractivity (Wildman–Crippen MR) is 41.0 cm³/mol. The van der Waals surface area contributed by atoms with Gasteiger partial charge in [-0.2, -0.15) is 0 Å². The summed E-state index contributed by atoms with van der Waals surface area (Å²) in [6.07, 6.45) is 0. The van der Waals surface area contributed by atoms with Gasteiger partial charge in [0.25, 0.3) is 0 Å². The first-order chi connectivity index (χ1) is 3.93. The lowest BCUT2D eigenvalue weighted by Crippen LogP contribution is -2.39. The van der Waals surface area contributed by atoms with Crippen molar-refractivity contribution in [1.82, 2.24) is 9.62 Å². The molecule has 2 nitrogen and oxygen atoms in total. The molecule has 0 aliphatic carbocycles. The zero-order valence-corrected chi connectivity index (χ0v) is 6.34. The van der Waals surface area contributed by atoms with Crippen LogP contribution in [0.1, 0.15) is 0 Å². The van der Waals surface area contributed by atoms with E-state index in [0.717, 1.165) is 26.2 Å². The van der Waals surface area contributed by atoms with Gasteiger partial charge in [0.05, 0.1) is 0 Å². The van der Waals surface area contributed by atoms with Crippen molar-refractivity contribution in [2.24, 2.45) is 0 Å². The first kappa shape index (κ1) is 6.74. The Balaban J connectivity index is 2.13. The lowest BCUT2D eigenvalue weighted by molar-refractivity contribution is 0.399. The first-order valence-corrected chi connectivity index (χ1v) is 4.53. The van der Waals surface area contributed by atoms with Crippen LogP contribution in [0.5, 0.6) is 0 Å². The minimum atomic E-state index is 1.10. The van der Waals surface area contributed by atoms with Gasteiger partial charge in [-0.1, -0.05) is 11.7 Å². The fourth-order valence-electron chi connectivity index (χ4n) is 0.726. The summed E-state index contributed by atoms with van der Waals surface area (Å²) in [5.41, 5.74) is 0. The average Bonchev–Trinajstić information content (AvgIpc) is 1.90. The molecule has 1 N–H and O–H groups in total. The molecule has 1 saturated heterocycles. The molecule has 8 heavy (non-hydrogen) atoms. The van der Waals surface area contributed by atoms with Crippen LogP contribution in [0.2, 0.25) is 0 Å². The number of rotatable bonds is 1. The molecule has 1 fully saturated rings. The van der Waals surface area contributed by atoms with Crippen molar-refractivity contribution in [3.05, 3.63) is 0 Å². The molecule has 0 saturated carbocycles. The first-order valence-electron chi connectivity index (χ1n) is 2.70. The van der Waals surface area contributed by atoms with E-state index in [0.29, 0.717) is 0 Å². The molecule has 4 heteroatoms. The van der Waals surface area contributed by atoms with Crippen LogP contribution in [0.15, 0.2) is 0 Å². The maximum absolute atomic E-state index is 4.08. The fraction of sp³-hybridized carbons (Fsp3) is 1.00. The number of hydrogen-bond donors (Lipinski definition) is 2. The third-order valence-electron chi connectivity index (χ3n) is 1.19. The summed E-state index contributed by atoms with van der Waals surface area (Å²) in [5, 5.41) is 3.26. The van der Waals surface area contributed by atoms with E-state index >= 15 is 0 Å². The molecule has 0 aromatic carbocycles. The number of nitrogens with one attached hydrogen (secondary N) is 1. The van der Waals surface area contributed by atoms with Gasteiger partial charge in [0.2, 0.25) is 0 Å². The minimum absolute atomic E-state index is 1.10. The second kappa shape index (κ2) is 3.61. The number of nitrogens with zero attached hydrogens (tertiary/aromatic N) is 1. The monoisotopic (exact) mass is 150 g/mol. The van der Waals surface area contributed by atoms with E-state index in [4.69, 9.17) is 0 Å². The van der Waals surface area contributed by atoms with Crippen molar-refractivity contribution in [3.63, 3.8) is 0 Å². The average molecular weight is 150 g/mol. The van der Waals surface area contributed by atoms with Crippen LogP contribution in [0.25, 0.3) is 0 Å². The quantitative estimate of drug-likeness (QED) is 0.319. The lowest BCUT2D eigenvalue weighted by Gasteiger charge is -2.23. The van der Waals surface area contributed by atoms with Gasteiger partial charge in [0, 0.05) is 26.2 Å². The molecule has 48 valence electrons. The zero-order valence-electron chi connectivity index (χ0n) is 4.63. The highest BCUT2D eigenvalue weighted by atomic mass is 33.1. The molecule has 0 bridgehead atoms. The van der Waals surface area contributed by atoms with Gasteiger partial charge in [-0.25, -0.2) is 4.31 Å². The van der Waals surface area contributed by atoms with Crippen molar-refractivity contribution >= 4 is 22.6 Å². The van der Waals surface area contributed by atoms with Crippen LogP contribution < -0.4 is 5.32 Å². The second-order valence-electron chi connectivity index (χ2n) is 1.76. The van der Waals surface area contributed by atoms with E-state index < -0.39 is 0 Å². The van der Waals surface area contributed by atoms with E-state index in [9.17, 15) is 0 Å². The number of piperazine rings is 1. The second-order valence-corrected chi connectivity index (χ2v) is 2.93. The minimum Gasteiger partial charge on any atom is -0.314 e. The van der Waals surface area contributed by atoms with Crippen molar-refractivity contribution < 1.29 is 0 Å². The Bertz CT molecular complexity index is 63.1. The van der Waals surface area contributed by atoms with Gasteiger partial charge in [0.15, 0.2) is 0 Å². The summed E-state index contributed by atoms with van der Waals surface area (Å²) in [6.45, 7) is 4.45. The summed E-state index contributed by atoms with van der Waals surface area (Å²) in [7, 11) is 1.53. The van der Waals surface area contributed by atoms with Crippen LogP contribution in [0.3, 0.4) is 0 Å². The van der Waals surface area contributed by atoms with Crippen LogP contribution in [-0.2, 0) is 0 Å². The summed E-state index contributed by atoms with van der Waals surface area (Å²) < 4.78 is 2.24. The molecule has 1 heterocycles. The summed E-state index contributed by atoms with van der Waals surface area (Å²) in [5.74, 6) is 0. The molecular formula is C4H10N2S2. The molecule has 1 aliphatic heterocycles. The Labute approximate surface area is 59.0 Å². The highest BCUT2D eigenvalue weighted by Gasteiger charge is 2.06. The van der Waals surface area contributed by atoms with Gasteiger partial charge >= 0.3 is 0 Å². The number of thiol groups is 1. The van der Waals surface area contributed by atoms with Gasteiger partial charge in [0.1, 0.15) is 0 Å². The topological polar surface area (TPSA) is 15.3 Å². The molecule has 0 spiro atoms. The number of hydrogen-bond acceptors (Lipinski definition) is 4. The van der Waals surface area contributed by atoms with Crippen LogP contribution in [0.4, 0.5) is 0 Å². The van der Waals surface area contributed by atoms with E-state index in [2.05, 4.69) is 21.3 Å². The van der Waals surface area contributed by atoms with Gasteiger partial charge in [-0.3, -0.25) is 0 Å². The Hall–Kier alpha value is 0.620. The summed E-state index contributed by atoms with van der Waals surface area (Å²) in [4.78, 5) is 0. The summed E-state index contributed by atoms with van der Waals surface area (Å²) in [6, 6.07) is 0. The van der Waals surface area contributed by atoms with Crippen molar-refractivity contribution in [3.8, 4) is 0 Å². The molecule has 0 amide bonds. The van der Waals surface area contributed by atoms with Crippen molar-refractivity contribution in [1.29, 1.82) is 0 Å². The molecular weight excluding hydrogens is 140 g/mol. The Morgan fingerprint density at radius 3 is 2.38 bits per heavy atom. The SMILES string of the molecule is SSN1CCNCC1. The molecule has 0 aromatic heterocycles. The Kier molecular flexibility index (Phi) is 3.04. The Morgan fingerprint density at radius 2 is 2.00 bits per heavy atom. The molecule has 1 rings (SSSR count). The Morgan fingerprint density at radius 1 is 1.38 bits per heavy atom. The predicted octanol–water partition coefficient (Wildman–Crippen LogP) is 0.385. The maximum atomic E-state index is 4.08. The van der Waals surface area contributed by atoms with Crippen molar-refractivity contribution in [2.75, 3.05) is 26.2 Å². The van der Waals surface area contributed by atoms with Crippen molar-refractivity contribution in [2.45, 2.75) is 0 Å². The molecule has 1 aliphatic rings. The maximum Gasteiger partial charge on any atom is 0.0223 e. The third kappa shape index (κ3) is 1.85. The van der Waals surface area contributed by atoms with E-state index in [1.165, 1.54) is 11.0 Å². The largest absolute Gasteiger partial charge is 0.314 e. The van der Waals surface area contributed by atoms with E-state index in [1.54, 1.807) is 0 Å². The van der Waals surface area contributed by atoms with Gasteiger partial charge in [-0.15, -0.1) is 0 Å². The van der Waals surface area contributed by atoms with Crippen LogP contribution in [0, 0.1) is 0 Å². The smallest absolute Gasteiger partial charge is 0.0223 e. The fourth-order valence-corrected chi connectivity index (χ4v) is 1.56. The van der Waals surface area contributed by atoms with E-state index in [-0.39, 0.29) is 0 Å². The molecule has 0 aromatic rings. The van der Waals surface area contributed by atoms with E-state index in [1.807, 2.05) is 0 Å². The highest BCUT2D eigenvalue weighted by molar-refractivity contribution is 8.67. The standard InChI is InChI=1S/C4H10N2S2/c7-8-6-3-1-5-2-4-6/h5,7H,1-4H2. The molecule has 0 atom stereocenters. The summed E-state index contributed by atoms with van der Waals surface area (Å²) >= 11 is 4.08. The zero-order chi connectivity index (χ0) is 5.82. The van der Waals surface area contributed by atoms with Crippen LogP contribution in [-0.4, -0.2) is 30.5 Å². The third-order valence-corrected chi connectivity index (χ3v) is 2.48. The van der Waals surface area contributed by atoms with Gasteiger partial charge in [-0.05, 0) is 11.0 Å². The molecule has 0 unspecified atom stereocenters. The molecule has 0 radical (unpaired) electrons. The normalized spacial score (nSPS) is 23.6.